The van der Waals surface area contributed by atoms with Crippen molar-refractivity contribution >= 4 is 17.4 Å². The minimum absolute atomic E-state index is 0.0398. The third-order valence-electron chi connectivity index (χ3n) is 2.81. The van der Waals surface area contributed by atoms with Crippen LogP contribution in [0.1, 0.15) is 21.7 Å². The fraction of sp³-hybridized carbons (Fsp3) is 0.154. The lowest BCUT2D eigenvalue weighted by Crippen LogP contribution is -2.15. The van der Waals surface area contributed by atoms with Crippen molar-refractivity contribution in [1.29, 1.82) is 0 Å². The number of rotatable bonds is 3. The fourth-order valence-corrected chi connectivity index (χ4v) is 1.70. The average molecular weight is 326 g/mol. The van der Waals surface area contributed by atoms with E-state index in [1.54, 1.807) is 0 Å². The van der Waals surface area contributed by atoms with E-state index >= 15 is 0 Å². The molecule has 0 aliphatic carbocycles. The molecule has 1 N–H and O–H groups in total. The standard InChI is InChI=1S/C13H9F3N4O3/c1-7-9(20(22)23)3-5-11(18-7)19-12(21)8-2-4-10(17-6-8)13(14,15)16/h2-6H,1H3,(H,18,19,21). The molecule has 10 heteroatoms. The molecule has 0 radical (unpaired) electrons. The molecule has 7 nitrogen and oxygen atoms in total. The highest BCUT2D eigenvalue weighted by Crippen LogP contribution is 2.27. The predicted molar refractivity (Wildman–Crippen MR) is 72.8 cm³/mol. The number of nitrogens with one attached hydrogen (secondary N) is 1. The number of nitrogens with zero attached hydrogens (tertiary/aromatic N) is 3. The van der Waals surface area contributed by atoms with Gasteiger partial charge in [0.15, 0.2) is 0 Å². The molecule has 120 valence electrons. The number of aromatic nitrogens is 2. The highest BCUT2D eigenvalue weighted by molar-refractivity contribution is 6.03. The van der Waals surface area contributed by atoms with E-state index in [2.05, 4.69) is 15.3 Å². The van der Waals surface area contributed by atoms with E-state index in [4.69, 9.17) is 0 Å². The second-order valence-corrected chi connectivity index (χ2v) is 4.44. The first kappa shape index (κ1) is 16.3. The Morgan fingerprint density at radius 3 is 2.43 bits per heavy atom. The maximum absolute atomic E-state index is 12.4. The summed E-state index contributed by atoms with van der Waals surface area (Å²) in [5.74, 6) is -0.690. The number of amides is 1. The molecule has 1 amide bonds. The molecule has 0 aromatic carbocycles. The molecule has 0 atom stereocenters. The molecular weight excluding hydrogens is 317 g/mol. The van der Waals surface area contributed by atoms with Crippen LogP contribution in [0.4, 0.5) is 24.7 Å². The van der Waals surface area contributed by atoms with Gasteiger partial charge in [-0.2, -0.15) is 13.2 Å². The summed E-state index contributed by atoms with van der Waals surface area (Å²) < 4.78 is 37.2. The molecule has 2 aromatic rings. The first-order chi connectivity index (χ1) is 10.7. The summed E-state index contributed by atoms with van der Waals surface area (Å²) in [5, 5.41) is 13.0. The Morgan fingerprint density at radius 1 is 1.26 bits per heavy atom. The molecule has 2 heterocycles. The zero-order valence-electron chi connectivity index (χ0n) is 11.6. The van der Waals surface area contributed by atoms with Gasteiger partial charge in [-0.3, -0.25) is 19.9 Å². The van der Waals surface area contributed by atoms with Crippen molar-refractivity contribution in [3.63, 3.8) is 0 Å². The maximum atomic E-state index is 12.4. The number of hydrogen-bond acceptors (Lipinski definition) is 5. The minimum atomic E-state index is -4.59. The van der Waals surface area contributed by atoms with Gasteiger partial charge >= 0.3 is 6.18 Å². The Labute approximate surface area is 127 Å². The Balaban J connectivity index is 2.16. The van der Waals surface area contributed by atoms with Crippen LogP contribution < -0.4 is 5.32 Å². The number of carbonyl (C=O) groups excluding carboxylic acids is 1. The van der Waals surface area contributed by atoms with Crippen molar-refractivity contribution in [2.45, 2.75) is 13.1 Å². The lowest BCUT2D eigenvalue weighted by molar-refractivity contribution is -0.385. The molecule has 0 unspecified atom stereocenters. The number of aryl methyl sites for hydroxylation is 1. The molecule has 0 fully saturated rings. The highest BCUT2D eigenvalue weighted by atomic mass is 19.4. The van der Waals surface area contributed by atoms with E-state index in [0.717, 1.165) is 12.3 Å². The van der Waals surface area contributed by atoms with Crippen molar-refractivity contribution in [1.82, 2.24) is 9.97 Å². The number of pyridine rings is 2. The van der Waals surface area contributed by atoms with Gasteiger partial charge in [-0.15, -0.1) is 0 Å². The minimum Gasteiger partial charge on any atom is -0.307 e. The molecular formula is C13H9F3N4O3. The molecule has 23 heavy (non-hydrogen) atoms. The van der Waals surface area contributed by atoms with Gasteiger partial charge in [-0.05, 0) is 25.1 Å². The molecule has 0 aliphatic heterocycles. The van der Waals surface area contributed by atoms with Crippen LogP contribution in [0.2, 0.25) is 0 Å². The summed E-state index contributed by atoms with van der Waals surface area (Å²) in [6.07, 6.45) is -3.80. The zero-order valence-corrected chi connectivity index (χ0v) is 11.6. The summed E-state index contributed by atoms with van der Waals surface area (Å²) in [7, 11) is 0. The molecule has 0 saturated heterocycles. The Kier molecular flexibility index (Phi) is 4.25. The van der Waals surface area contributed by atoms with E-state index < -0.39 is 22.7 Å². The summed E-state index contributed by atoms with van der Waals surface area (Å²) >= 11 is 0. The zero-order chi connectivity index (χ0) is 17.2. The van der Waals surface area contributed by atoms with Crippen molar-refractivity contribution in [3.8, 4) is 0 Å². The van der Waals surface area contributed by atoms with Crippen LogP contribution in [-0.4, -0.2) is 20.8 Å². The quantitative estimate of drug-likeness (QED) is 0.690. The molecule has 0 aliphatic rings. The van der Waals surface area contributed by atoms with Crippen molar-refractivity contribution in [3.05, 3.63) is 57.5 Å². The third-order valence-corrected chi connectivity index (χ3v) is 2.81. The van der Waals surface area contributed by atoms with E-state index in [0.29, 0.717) is 6.07 Å². The first-order valence-corrected chi connectivity index (χ1v) is 6.15. The van der Waals surface area contributed by atoms with Gasteiger partial charge in [0.1, 0.15) is 17.2 Å². The largest absolute Gasteiger partial charge is 0.433 e. The van der Waals surface area contributed by atoms with Crippen LogP contribution >= 0.6 is 0 Å². The number of hydrogen-bond donors (Lipinski definition) is 1. The monoisotopic (exact) mass is 326 g/mol. The first-order valence-electron chi connectivity index (χ1n) is 6.15. The summed E-state index contributed by atoms with van der Waals surface area (Å²) in [6, 6.07) is 4.05. The highest BCUT2D eigenvalue weighted by Gasteiger charge is 2.32. The molecule has 0 spiro atoms. The van der Waals surface area contributed by atoms with Gasteiger partial charge < -0.3 is 5.32 Å². The number of alkyl halides is 3. The van der Waals surface area contributed by atoms with E-state index in [1.807, 2.05) is 0 Å². The van der Waals surface area contributed by atoms with Crippen LogP contribution in [0.3, 0.4) is 0 Å². The van der Waals surface area contributed by atoms with Crippen molar-refractivity contribution in [2.75, 3.05) is 5.32 Å². The number of halogens is 3. The lowest BCUT2D eigenvalue weighted by atomic mass is 10.2. The Hall–Kier alpha value is -3.04. The van der Waals surface area contributed by atoms with Gasteiger partial charge in [-0.1, -0.05) is 0 Å². The van der Waals surface area contributed by atoms with E-state index in [1.165, 1.54) is 19.1 Å². The maximum Gasteiger partial charge on any atom is 0.433 e. The fourth-order valence-electron chi connectivity index (χ4n) is 1.70. The second-order valence-electron chi connectivity index (χ2n) is 4.44. The Morgan fingerprint density at radius 2 is 1.96 bits per heavy atom. The normalized spacial score (nSPS) is 11.1. The lowest BCUT2D eigenvalue weighted by Gasteiger charge is -2.07. The van der Waals surface area contributed by atoms with Crippen LogP contribution in [0.15, 0.2) is 30.5 Å². The Bertz CT molecular complexity index is 760. The summed E-state index contributed by atoms with van der Waals surface area (Å²) in [4.78, 5) is 29.0. The number of anilines is 1. The second kappa shape index (κ2) is 5.99. The van der Waals surface area contributed by atoms with Crippen LogP contribution in [0.5, 0.6) is 0 Å². The van der Waals surface area contributed by atoms with Gasteiger partial charge in [0.25, 0.3) is 11.6 Å². The number of nitro groups is 1. The van der Waals surface area contributed by atoms with E-state index in [-0.39, 0.29) is 22.8 Å². The predicted octanol–water partition coefficient (Wildman–Crippen LogP) is 2.96. The van der Waals surface area contributed by atoms with Gasteiger partial charge in [0.2, 0.25) is 0 Å². The molecule has 2 aromatic heterocycles. The smallest absolute Gasteiger partial charge is 0.307 e. The van der Waals surface area contributed by atoms with Gasteiger partial charge in [0, 0.05) is 12.3 Å². The van der Waals surface area contributed by atoms with Crippen LogP contribution in [0, 0.1) is 17.0 Å². The van der Waals surface area contributed by atoms with Crippen molar-refractivity contribution in [2.24, 2.45) is 0 Å². The SMILES string of the molecule is Cc1nc(NC(=O)c2ccc(C(F)(F)F)nc2)ccc1[N+](=O)[O-]. The molecule has 2 rings (SSSR count). The topological polar surface area (TPSA) is 98.0 Å². The van der Waals surface area contributed by atoms with Crippen molar-refractivity contribution < 1.29 is 22.9 Å². The molecule has 0 saturated carbocycles. The van der Waals surface area contributed by atoms with Gasteiger partial charge in [-0.25, -0.2) is 4.98 Å². The summed E-state index contributed by atoms with van der Waals surface area (Å²) in [6.45, 7) is 1.40. The summed E-state index contributed by atoms with van der Waals surface area (Å²) in [5.41, 5.74) is -1.33. The molecule has 0 bridgehead atoms. The van der Waals surface area contributed by atoms with E-state index in [9.17, 15) is 28.1 Å². The van der Waals surface area contributed by atoms with Crippen LogP contribution in [-0.2, 0) is 6.18 Å². The van der Waals surface area contributed by atoms with Gasteiger partial charge in [0.05, 0.1) is 10.5 Å². The van der Waals surface area contributed by atoms with Crippen LogP contribution in [0.25, 0.3) is 0 Å². The third kappa shape index (κ3) is 3.78. The average Bonchev–Trinajstić information content (AvgIpc) is 2.46. The number of carbonyl (C=O) groups is 1.